The number of aryl methyl sites for hydroxylation is 1. The first kappa shape index (κ1) is 9.57. The summed E-state index contributed by atoms with van der Waals surface area (Å²) in [6, 6.07) is 0. The third-order valence-corrected chi connectivity index (χ3v) is 2.11. The Bertz CT molecular complexity index is 506. The smallest absolute Gasteiger partial charge is 0.311 e. The molecule has 0 amide bonds. The fourth-order valence-corrected chi connectivity index (χ4v) is 1.31. The van der Waals surface area contributed by atoms with Crippen molar-refractivity contribution < 1.29 is 9.90 Å². The van der Waals surface area contributed by atoms with Crippen molar-refractivity contribution in [2.45, 2.75) is 19.8 Å². The maximum Gasteiger partial charge on any atom is 0.311 e. The zero-order chi connectivity index (χ0) is 10.8. The van der Waals surface area contributed by atoms with Crippen molar-refractivity contribution >= 4 is 11.7 Å². The lowest BCUT2D eigenvalue weighted by Crippen LogP contribution is -2.05. The van der Waals surface area contributed by atoms with Gasteiger partial charge in [-0.1, -0.05) is 6.92 Å². The third kappa shape index (κ3) is 1.78. The lowest BCUT2D eigenvalue weighted by Gasteiger charge is -1.98. The van der Waals surface area contributed by atoms with E-state index in [0.717, 1.165) is 12.0 Å². The van der Waals surface area contributed by atoms with Crippen molar-refractivity contribution in [3.8, 4) is 0 Å². The Balaban J connectivity index is 2.51. The summed E-state index contributed by atoms with van der Waals surface area (Å²) in [5, 5.41) is 16.2. The van der Waals surface area contributed by atoms with E-state index >= 15 is 0 Å². The minimum Gasteiger partial charge on any atom is -0.481 e. The monoisotopic (exact) mass is 206 g/mol. The van der Waals surface area contributed by atoms with Crippen LogP contribution < -0.4 is 0 Å². The predicted molar refractivity (Wildman–Crippen MR) is 51.5 cm³/mol. The van der Waals surface area contributed by atoms with E-state index in [0.29, 0.717) is 11.6 Å². The van der Waals surface area contributed by atoms with Crippen molar-refractivity contribution in [1.29, 1.82) is 0 Å². The Kier molecular flexibility index (Phi) is 2.32. The van der Waals surface area contributed by atoms with E-state index in [2.05, 4.69) is 15.2 Å². The summed E-state index contributed by atoms with van der Waals surface area (Å²) in [6.45, 7) is 2.00. The molecule has 6 nitrogen and oxygen atoms in total. The zero-order valence-electron chi connectivity index (χ0n) is 8.21. The Hall–Kier alpha value is -1.98. The number of hydrogen-bond donors (Lipinski definition) is 1. The highest BCUT2D eigenvalue weighted by atomic mass is 16.4. The van der Waals surface area contributed by atoms with E-state index in [1.54, 1.807) is 10.6 Å². The molecular formula is C9H10N4O2. The van der Waals surface area contributed by atoms with Crippen LogP contribution in [-0.4, -0.2) is 30.7 Å². The van der Waals surface area contributed by atoms with Gasteiger partial charge in [0, 0.05) is 12.4 Å². The van der Waals surface area contributed by atoms with Gasteiger partial charge < -0.3 is 5.11 Å². The molecule has 0 aliphatic rings. The van der Waals surface area contributed by atoms with Crippen LogP contribution in [0.15, 0.2) is 12.4 Å². The van der Waals surface area contributed by atoms with E-state index < -0.39 is 5.97 Å². The molecule has 6 heteroatoms. The zero-order valence-corrected chi connectivity index (χ0v) is 8.21. The standard InChI is InChI=1S/C9H10N4O2/c1-2-6-4-10-9-12-11-7(3-8(14)15)13(9)5-6/h4-5H,2-3H2,1H3,(H,14,15). The molecule has 2 rings (SSSR count). The van der Waals surface area contributed by atoms with Crippen molar-refractivity contribution in [1.82, 2.24) is 19.6 Å². The molecule has 2 aromatic rings. The van der Waals surface area contributed by atoms with Gasteiger partial charge in [-0.05, 0) is 12.0 Å². The Morgan fingerprint density at radius 3 is 3.00 bits per heavy atom. The maximum atomic E-state index is 10.6. The summed E-state index contributed by atoms with van der Waals surface area (Å²) >= 11 is 0. The van der Waals surface area contributed by atoms with Crippen LogP contribution in [-0.2, 0) is 17.6 Å². The van der Waals surface area contributed by atoms with Crippen LogP contribution in [0, 0.1) is 0 Å². The Morgan fingerprint density at radius 2 is 2.33 bits per heavy atom. The summed E-state index contributed by atoms with van der Waals surface area (Å²) in [6.07, 6.45) is 4.23. The average Bonchev–Trinajstić information content (AvgIpc) is 2.60. The lowest BCUT2D eigenvalue weighted by molar-refractivity contribution is -0.136. The maximum absolute atomic E-state index is 10.6. The van der Waals surface area contributed by atoms with Crippen molar-refractivity contribution in [2.24, 2.45) is 0 Å². The Morgan fingerprint density at radius 1 is 1.53 bits per heavy atom. The van der Waals surface area contributed by atoms with Gasteiger partial charge in [0.1, 0.15) is 12.2 Å². The molecule has 0 bridgehead atoms. The van der Waals surface area contributed by atoms with Gasteiger partial charge in [0.05, 0.1) is 0 Å². The number of carbonyl (C=O) groups is 1. The molecule has 0 spiro atoms. The number of carboxylic acids is 1. The van der Waals surface area contributed by atoms with Crippen molar-refractivity contribution in [3.63, 3.8) is 0 Å². The highest BCUT2D eigenvalue weighted by Crippen LogP contribution is 2.05. The van der Waals surface area contributed by atoms with Crippen molar-refractivity contribution in [2.75, 3.05) is 0 Å². The van der Waals surface area contributed by atoms with Crippen LogP contribution in [0.1, 0.15) is 18.3 Å². The number of carboxylic acid groups (broad SMARTS) is 1. The van der Waals surface area contributed by atoms with E-state index in [4.69, 9.17) is 5.11 Å². The molecule has 0 fully saturated rings. The second kappa shape index (κ2) is 3.64. The normalized spacial score (nSPS) is 10.7. The largest absolute Gasteiger partial charge is 0.481 e. The number of aromatic nitrogens is 4. The van der Waals surface area contributed by atoms with Gasteiger partial charge in [-0.2, -0.15) is 0 Å². The molecule has 15 heavy (non-hydrogen) atoms. The molecule has 0 saturated heterocycles. The van der Waals surface area contributed by atoms with Crippen LogP contribution in [0.5, 0.6) is 0 Å². The van der Waals surface area contributed by atoms with E-state index in [-0.39, 0.29) is 6.42 Å². The Labute approximate surface area is 85.6 Å². The van der Waals surface area contributed by atoms with E-state index in [1.807, 2.05) is 13.1 Å². The topological polar surface area (TPSA) is 80.4 Å². The molecule has 2 heterocycles. The molecule has 0 aliphatic carbocycles. The molecule has 0 saturated carbocycles. The number of fused-ring (bicyclic) bond motifs is 1. The highest BCUT2D eigenvalue weighted by molar-refractivity contribution is 5.69. The first-order valence-electron chi connectivity index (χ1n) is 4.61. The molecule has 0 radical (unpaired) electrons. The first-order valence-corrected chi connectivity index (χ1v) is 4.61. The molecule has 78 valence electrons. The van der Waals surface area contributed by atoms with Gasteiger partial charge in [0.15, 0.2) is 0 Å². The molecule has 0 aromatic carbocycles. The van der Waals surface area contributed by atoms with Gasteiger partial charge in [-0.25, -0.2) is 4.98 Å². The second-order valence-corrected chi connectivity index (χ2v) is 3.17. The van der Waals surface area contributed by atoms with Gasteiger partial charge in [-0.3, -0.25) is 9.20 Å². The van der Waals surface area contributed by atoms with Gasteiger partial charge in [0.2, 0.25) is 0 Å². The summed E-state index contributed by atoms with van der Waals surface area (Å²) in [7, 11) is 0. The van der Waals surface area contributed by atoms with Crippen LogP contribution in [0.4, 0.5) is 0 Å². The SMILES string of the molecule is CCc1cnc2nnc(CC(=O)O)n2c1. The summed E-state index contributed by atoms with van der Waals surface area (Å²) in [4.78, 5) is 14.6. The molecular weight excluding hydrogens is 196 g/mol. The van der Waals surface area contributed by atoms with Crippen molar-refractivity contribution in [3.05, 3.63) is 23.8 Å². The predicted octanol–water partition coefficient (Wildman–Crippen LogP) is 0.314. The minimum absolute atomic E-state index is 0.143. The third-order valence-electron chi connectivity index (χ3n) is 2.11. The van der Waals surface area contributed by atoms with Crippen LogP contribution in [0.2, 0.25) is 0 Å². The van der Waals surface area contributed by atoms with Gasteiger partial charge in [0.25, 0.3) is 5.78 Å². The number of aliphatic carboxylic acids is 1. The summed E-state index contributed by atoms with van der Waals surface area (Å²) in [5.41, 5.74) is 1.02. The molecule has 0 unspecified atom stereocenters. The average molecular weight is 206 g/mol. The molecule has 1 N–H and O–H groups in total. The lowest BCUT2D eigenvalue weighted by atomic mass is 10.3. The van der Waals surface area contributed by atoms with Crippen LogP contribution >= 0.6 is 0 Å². The van der Waals surface area contributed by atoms with Crippen LogP contribution in [0.25, 0.3) is 5.78 Å². The highest BCUT2D eigenvalue weighted by Gasteiger charge is 2.09. The van der Waals surface area contributed by atoms with E-state index in [9.17, 15) is 4.79 Å². The summed E-state index contributed by atoms with van der Waals surface area (Å²) < 4.78 is 1.62. The van der Waals surface area contributed by atoms with Crippen LogP contribution in [0.3, 0.4) is 0 Å². The number of rotatable bonds is 3. The number of nitrogens with zero attached hydrogens (tertiary/aromatic N) is 4. The minimum atomic E-state index is -0.925. The fraction of sp³-hybridized carbons (Fsp3) is 0.333. The quantitative estimate of drug-likeness (QED) is 0.781. The first-order chi connectivity index (χ1) is 7.20. The summed E-state index contributed by atoms with van der Waals surface area (Å²) in [5.74, 6) is -0.0880. The van der Waals surface area contributed by atoms with E-state index in [1.165, 1.54) is 0 Å². The molecule has 0 aliphatic heterocycles. The fourth-order valence-electron chi connectivity index (χ4n) is 1.31. The molecule has 2 aromatic heterocycles. The molecule has 0 atom stereocenters. The second-order valence-electron chi connectivity index (χ2n) is 3.17. The number of hydrogen-bond acceptors (Lipinski definition) is 4. The van der Waals surface area contributed by atoms with Gasteiger partial charge in [-0.15, -0.1) is 10.2 Å². The van der Waals surface area contributed by atoms with Gasteiger partial charge >= 0.3 is 5.97 Å².